The summed E-state index contributed by atoms with van der Waals surface area (Å²) in [4.78, 5) is 2.50. The summed E-state index contributed by atoms with van der Waals surface area (Å²) in [6, 6.07) is 10.5. The van der Waals surface area contributed by atoms with E-state index in [9.17, 15) is 0 Å². The second-order valence-electron chi connectivity index (χ2n) is 3.87. The summed E-state index contributed by atoms with van der Waals surface area (Å²) < 4.78 is 1.08. The van der Waals surface area contributed by atoms with Gasteiger partial charge in [0.25, 0.3) is 0 Å². The molecule has 0 radical (unpaired) electrons. The van der Waals surface area contributed by atoms with Crippen LogP contribution < -0.4 is 0 Å². The summed E-state index contributed by atoms with van der Waals surface area (Å²) in [5.74, 6) is 0. The van der Waals surface area contributed by atoms with Crippen LogP contribution in [0.15, 0.2) is 34.8 Å². The first-order valence-electron chi connectivity index (χ1n) is 5.04. The standard InChI is InChI=1S/C13H12BrClS/c1-8-5-10(7-11(14)6-8)13(15)12-4-3-9(2)16-12/h3-7,13H,1-2H3. The Morgan fingerprint density at radius 1 is 1.19 bits per heavy atom. The molecule has 1 aromatic heterocycles. The molecule has 0 aliphatic heterocycles. The summed E-state index contributed by atoms with van der Waals surface area (Å²) in [6.45, 7) is 4.18. The maximum atomic E-state index is 6.48. The number of thiophene rings is 1. The molecular formula is C13H12BrClS. The van der Waals surface area contributed by atoms with E-state index in [0.717, 1.165) is 10.0 Å². The number of alkyl halides is 1. The van der Waals surface area contributed by atoms with Gasteiger partial charge in [-0.25, -0.2) is 0 Å². The number of halogens is 2. The van der Waals surface area contributed by atoms with E-state index in [1.807, 2.05) is 0 Å². The minimum Gasteiger partial charge on any atom is -0.144 e. The van der Waals surface area contributed by atoms with Gasteiger partial charge in [-0.05, 0) is 49.2 Å². The highest BCUT2D eigenvalue weighted by atomic mass is 79.9. The van der Waals surface area contributed by atoms with E-state index < -0.39 is 0 Å². The van der Waals surface area contributed by atoms with Gasteiger partial charge in [0.2, 0.25) is 0 Å². The predicted molar refractivity (Wildman–Crippen MR) is 75.6 cm³/mol. The molecule has 0 nitrogen and oxygen atoms in total. The van der Waals surface area contributed by atoms with Gasteiger partial charge in [0.1, 0.15) is 0 Å². The zero-order valence-electron chi connectivity index (χ0n) is 9.13. The molecule has 1 unspecified atom stereocenters. The van der Waals surface area contributed by atoms with Crippen LogP contribution in [-0.2, 0) is 0 Å². The fraction of sp³-hybridized carbons (Fsp3) is 0.231. The molecule has 0 saturated carbocycles. The van der Waals surface area contributed by atoms with Gasteiger partial charge in [-0.15, -0.1) is 22.9 Å². The molecule has 1 atom stereocenters. The van der Waals surface area contributed by atoms with Gasteiger partial charge in [-0.1, -0.05) is 22.0 Å². The molecule has 1 heterocycles. The Morgan fingerprint density at radius 2 is 1.94 bits per heavy atom. The van der Waals surface area contributed by atoms with Crippen LogP contribution in [-0.4, -0.2) is 0 Å². The fourth-order valence-electron chi connectivity index (χ4n) is 1.66. The Balaban J connectivity index is 2.37. The molecule has 1 aromatic carbocycles. The van der Waals surface area contributed by atoms with Crippen molar-refractivity contribution in [1.82, 2.24) is 0 Å². The Labute approximate surface area is 113 Å². The first-order valence-corrected chi connectivity index (χ1v) is 7.08. The molecule has 0 aliphatic carbocycles. The van der Waals surface area contributed by atoms with Crippen molar-refractivity contribution in [3.8, 4) is 0 Å². The Bertz CT molecular complexity index is 484. The van der Waals surface area contributed by atoms with Crippen molar-refractivity contribution in [2.75, 3.05) is 0 Å². The summed E-state index contributed by atoms with van der Waals surface area (Å²) in [5, 5.41) is -0.0464. The highest BCUT2D eigenvalue weighted by Gasteiger charge is 2.13. The van der Waals surface area contributed by atoms with Crippen molar-refractivity contribution in [3.05, 3.63) is 55.7 Å². The number of aryl methyl sites for hydroxylation is 2. The lowest BCUT2D eigenvalue weighted by atomic mass is 10.1. The second kappa shape index (κ2) is 4.91. The van der Waals surface area contributed by atoms with Crippen molar-refractivity contribution in [3.63, 3.8) is 0 Å². The molecule has 2 rings (SSSR count). The molecule has 0 saturated heterocycles. The van der Waals surface area contributed by atoms with Gasteiger partial charge >= 0.3 is 0 Å². The first kappa shape index (κ1) is 12.2. The lowest BCUT2D eigenvalue weighted by Crippen LogP contribution is -1.91. The van der Waals surface area contributed by atoms with Crippen molar-refractivity contribution in [1.29, 1.82) is 0 Å². The first-order chi connectivity index (χ1) is 7.56. The fourth-order valence-corrected chi connectivity index (χ4v) is 3.51. The van der Waals surface area contributed by atoms with Crippen molar-refractivity contribution >= 4 is 38.9 Å². The van der Waals surface area contributed by atoms with Crippen molar-refractivity contribution < 1.29 is 0 Å². The molecule has 3 heteroatoms. The van der Waals surface area contributed by atoms with E-state index in [1.54, 1.807) is 11.3 Å². The predicted octanol–water partition coefficient (Wildman–Crippen LogP) is 5.46. The van der Waals surface area contributed by atoms with Gasteiger partial charge in [0.15, 0.2) is 0 Å². The third-order valence-electron chi connectivity index (χ3n) is 2.37. The van der Waals surface area contributed by atoms with Crippen LogP contribution in [0.1, 0.15) is 26.3 Å². The van der Waals surface area contributed by atoms with Crippen LogP contribution in [0.2, 0.25) is 0 Å². The highest BCUT2D eigenvalue weighted by Crippen LogP contribution is 2.35. The smallest absolute Gasteiger partial charge is 0.0928 e. The number of hydrogen-bond donors (Lipinski definition) is 0. The van der Waals surface area contributed by atoms with Gasteiger partial charge in [0, 0.05) is 14.2 Å². The van der Waals surface area contributed by atoms with E-state index >= 15 is 0 Å². The molecular weight excluding hydrogens is 304 g/mol. The zero-order valence-corrected chi connectivity index (χ0v) is 12.3. The van der Waals surface area contributed by atoms with Crippen LogP contribution in [0.4, 0.5) is 0 Å². The molecule has 0 bridgehead atoms. The average molecular weight is 316 g/mol. The molecule has 0 N–H and O–H groups in total. The van der Waals surface area contributed by atoms with E-state index in [0.29, 0.717) is 0 Å². The van der Waals surface area contributed by atoms with E-state index in [1.165, 1.54) is 15.3 Å². The van der Waals surface area contributed by atoms with Crippen molar-refractivity contribution in [2.24, 2.45) is 0 Å². The van der Waals surface area contributed by atoms with Gasteiger partial charge in [-0.2, -0.15) is 0 Å². The highest BCUT2D eigenvalue weighted by molar-refractivity contribution is 9.10. The van der Waals surface area contributed by atoms with Gasteiger partial charge < -0.3 is 0 Å². The minimum absolute atomic E-state index is 0.0464. The SMILES string of the molecule is Cc1cc(Br)cc(C(Cl)c2ccc(C)s2)c1. The number of hydrogen-bond acceptors (Lipinski definition) is 1. The Hall–Kier alpha value is -0.310. The maximum absolute atomic E-state index is 6.48. The monoisotopic (exact) mass is 314 g/mol. The van der Waals surface area contributed by atoms with Gasteiger partial charge in [0.05, 0.1) is 5.38 Å². The Kier molecular flexibility index (Phi) is 3.73. The van der Waals surface area contributed by atoms with E-state index in [4.69, 9.17) is 11.6 Å². The molecule has 2 aromatic rings. The normalized spacial score (nSPS) is 12.8. The minimum atomic E-state index is -0.0464. The molecule has 16 heavy (non-hydrogen) atoms. The maximum Gasteiger partial charge on any atom is 0.0928 e. The molecule has 84 valence electrons. The third kappa shape index (κ3) is 2.68. The van der Waals surface area contributed by atoms with Crippen molar-refractivity contribution in [2.45, 2.75) is 19.2 Å². The van der Waals surface area contributed by atoms with Crippen LogP contribution in [0, 0.1) is 13.8 Å². The van der Waals surface area contributed by atoms with Gasteiger partial charge in [-0.3, -0.25) is 0 Å². The van der Waals surface area contributed by atoms with Crippen LogP contribution >= 0.6 is 38.9 Å². The Morgan fingerprint density at radius 3 is 2.50 bits per heavy atom. The molecule has 0 spiro atoms. The summed E-state index contributed by atoms with van der Waals surface area (Å²) in [7, 11) is 0. The number of benzene rings is 1. The summed E-state index contributed by atoms with van der Waals surface area (Å²) >= 11 is 11.7. The zero-order chi connectivity index (χ0) is 11.7. The third-order valence-corrected chi connectivity index (χ3v) is 4.51. The van der Waals surface area contributed by atoms with E-state index in [2.05, 4.69) is 60.1 Å². The quantitative estimate of drug-likeness (QED) is 0.646. The topological polar surface area (TPSA) is 0 Å². The lowest BCUT2D eigenvalue weighted by molar-refractivity contribution is 1.17. The lowest BCUT2D eigenvalue weighted by Gasteiger charge is -2.09. The summed E-state index contributed by atoms with van der Waals surface area (Å²) in [5.41, 5.74) is 2.37. The summed E-state index contributed by atoms with van der Waals surface area (Å²) in [6.07, 6.45) is 0. The van der Waals surface area contributed by atoms with E-state index in [-0.39, 0.29) is 5.38 Å². The van der Waals surface area contributed by atoms with Crippen LogP contribution in [0.5, 0.6) is 0 Å². The van der Waals surface area contributed by atoms with Crippen LogP contribution in [0.25, 0.3) is 0 Å². The molecule has 0 fully saturated rings. The molecule has 0 amide bonds. The average Bonchev–Trinajstić information content (AvgIpc) is 2.62. The van der Waals surface area contributed by atoms with Crippen LogP contribution in [0.3, 0.4) is 0 Å². The second-order valence-corrected chi connectivity index (χ2v) is 6.54. The molecule has 0 aliphatic rings. The number of rotatable bonds is 2. The largest absolute Gasteiger partial charge is 0.144 e.